The maximum atomic E-state index is 12.0. The molecular formula is C16H19BrN2O4. The Hall–Kier alpha value is -1.76. The first-order valence-electron chi connectivity index (χ1n) is 7.50. The molecule has 1 aliphatic heterocycles. The Balaban J connectivity index is 1.67. The third-order valence-electron chi connectivity index (χ3n) is 3.68. The molecule has 2 heterocycles. The summed E-state index contributed by atoms with van der Waals surface area (Å²) in [4.78, 5) is 25.6. The Morgan fingerprint density at radius 2 is 2.09 bits per heavy atom. The van der Waals surface area contributed by atoms with Crippen molar-refractivity contribution in [3.8, 4) is 0 Å². The van der Waals surface area contributed by atoms with Crippen molar-refractivity contribution in [2.45, 2.75) is 32.9 Å². The van der Waals surface area contributed by atoms with Crippen molar-refractivity contribution in [2.75, 3.05) is 13.1 Å². The fourth-order valence-electron chi connectivity index (χ4n) is 2.63. The fraction of sp³-hybridized carbons (Fsp3) is 0.500. The van der Waals surface area contributed by atoms with E-state index in [0.29, 0.717) is 25.2 Å². The largest absolute Gasteiger partial charge is 0.444 e. The highest BCUT2D eigenvalue weighted by Gasteiger charge is 2.34. The lowest BCUT2D eigenvalue weighted by Crippen LogP contribution is -2.53. The molecule has 0 N–H and O–H groups in total. The Bertz CT molecular complexity index is 796. The molecule has 0 saturated carbocycles. The molecule has 7 heteroatoms. The van der Waals surface area contributed by atoms with Crippen LogP contribution in [0.1, 0.15) is 20.8 Å². The minimum Gasteiger partial charge on any atom is -0.444 e. The Kier molecular flexibility index (Phi) is 4.00. The molecule has 1 aromatic carbocycles. The molecule has 3 rings (SSSR count). The molecule has 0 spiro atoms. The number of fused-ring (bicyclic) bond motifs is 1. The third-order valence-corrected chi connectivity index (χ3v) is 4.17. The quantitative estimate of drug-likeness (QED) is 0.799. The van der Waals surface area contributed by atoms with Crippen molar-refractivity contribution in [2.24, 2.45) is 5.92 Å². The van der Waals surface area contributed by atoms with Gasteiger partial charge >= 0.3 is 11.8 Å². The predicted octanol–water partition coefficient (Wildman–Crippen LogP) is 3.22. The maximum absolute atomic E-state index is 12.0. The van der Waals surface area contributed by atoms with Crippen LogP contribution in [0.15, 0.2) is 31.9 Å². The lowest BCUT2D eigenvalue weighted by molar-refractivity contribution is -0.00339. The molecule has 2 aromatic rings. The Labute approximate surface area is 142 Å². The van der Waals surface area contributed by atoms with E-state index in [4.69, 9.17) is 9.15 Å². The zero-order valence-electron chi connectivity index (χ0n) is 13.3. The molecule has 1 aliphatic rings. The van der Waals surface area contributed by atoms with Crippen molar-refractivity contribution in [3.05, 3.63) is 33.2 Å². The summed E-state index contributed by atoms with van der Waals surface area (Å²) in [5, 5.41) is 0. The van der Waals surface area contributed by atoms with Crippen LogP contribution >= 0.6 is 15.9 Å². The topological polar surface area (TPSA) is 64.7 Å². The van der Waals surface area contributed by atoms with E-state index >= 15 is 0 Å². The number of amides is 1. The van der Waals surface area contributed by atoms with Gasteiger partial charge in [0.15, 0.2) is 5.58 Å². The molecule has 0 aliphatic carbocycles. The SMILES string of the molecule is CC(C)(C)OC(=O)N1CC(Cn2c(=O)oc3ccc(Br)cc32)C1. The Morgan fingerprint density at radius 1 is 1.39 bits per heavy atom. The minimum atomic E-state index is -0.494. The number of hydrogen-bond acceptors (Lipinski definition) is 4. The van der Waals surface area contributed by atoms with Crippen molar-refractivity contribution >= 4 is 33.1 Å². The standard InChI is InChI=1S/C16H19BrN2O4/c1-16(2,3)23-14(20)18-7-10(8-18)9-19-12-6-11(17)4-5-13(12)22-15(19)21/h4-6,10H,7-9H2,1-3H3. The number of halogens is 1. The first-order valence-corrected chi connectivity index (χ1v) is 8.29. The summed E-state index contributed by atoms with van der Waals surface area (Å²) in [6, 6.07) is 5.47. The van der Waals surface area contributed by atoms with Crippen LogP contribution in [-0.2, 0) is 11.3 Å². The van der Waals surface area contributed by atoms with Gasteiger partial charge in [-0.05, 0) is 39.0 Å². The van der Waals surface area contributed by atoms with Crippen LogP contribution in [0.25, 0.3) is 11.1 Å². The van der Waals surface area contributed by atoms with Crippen LogP contribution in [0, 0.1) is 5.92 Å². The first kappa shape index (κ1) is 16.1. The van der Waals surface area contributed by atoms with Gasteiger partial charge in [0.2, 0.25) is 0 Å². The van der Waals surface area contributed by atoms with Crippen LogP contribution in [0.3, 0.4) is 0 Å². The molecular weight excluding hydrogens is 364 g/mol. The second-order valence-corrected chi connectivity index (χ2v) is 7.76. The normalized spacial score (nSPS) is 15.7. The number of benzene rings is 1. The van der Waals surface area contributed by atoms with Crippen LogP contribution < -0.4 is 5.76 Å². The number of carbonyl (C=O) groups is 1. The van der Waals surface area contributed by atoms with Crippen molar-refractivity contribution in [1.29, 1.82) is 0 Å². The zero-order valence-corrected chi connectivity index (χ0v) is 14.9. The third kappa shape index (κ3) is 3.44. The number of oxazole rings is 1. The van der Waals surface area contributed by atoms with E-state index in [1.807, 2.05) is 32.9 Å². The van der Waals surface area contributed by atoms with Crippen LogP contribution in [-0.4, -0.2) is 34.3 Å². The van der Waals surface area contributed by atoms with Gasteiger partial charge in [0, 0.05) is 30.0 Å². The van der Waals surface area contributed by atoms with Crippen LogP contribution in [0.2, 0.25) is 0 Å². The van der Waals surface area contributed by atoms with Gasteiger partial charge in [0.25, 0.3) is 0 Å². The number of ether oxygens (including phenoxy) is 1. The molecule has 0 radical (unpaired) electrons. The number of nitrogens with zero attached hydrogens (tertiary/aromatic N) is 2. The molecule has 6 nitrogen and oxygen atoms in total. The zero-order chi connectivity index (χ0) is 16.8. The van der Waals surface area contributed by atoms with E-state index in [9.17, 15) is 9.59 Å². The van der Waals surface area contributed by atoms with Gasteiger partial charge in [-0.2, -0.15) is 0 Å². The van der Waals surface area contributed by atoms with Gasteiger partial charge in [0.1, 0.15) is 5.60 Å². The van der Waals surface area contributed by atoms with Gasteiger partial charge in [0.05, 0.1) is 5.52 Å². The summed E-state index contributed by atoms with van der Waals surface area (Å²) in [5.74, 6) is -0.145. The fourth-order valence-corrected chi connectivity index (χ4v) is 2.98. The van der Waals surface area contributed by atoms with E-state index in [1.54, 1.807) is 15.5 Å². The highest BCUT2D eigenvalue weighted by atomic mass is 79.9. The minimum absolute atomic E-state index is 0.222. The molecule has 1 aromatic heterocycles. The van der Waals surface area contributed by atoms with E-state index in [-0.39, 0.29) is 17.8 Å². The predicted molar refractivity (Wildman–Crippen MR) is 89.5 cm³/mol. The highest BCUT2D eigenvalue weighted by molar-refractivity contribution is 9.10. The number of likely N-dealkylation sites (tertiary alicyclic amines) is 1. The summed E-state index contributed by atoms with van der Waals surface area (Å²) in [7, 11) is 0. The van der Waals surface area contributed by atoms with Gasteiger partial charge < -0.3 is 14.1 Å². The summed E-state index contributed by atoms with van der Waals surface area (Å²) >= 11 is 3.40. The number of rotatable bonds is 2. The van der Waals surface area contributed by atoms with Crippen molar-refractivity contribution in [1.82, 2.24) is 9.47 Å². The molecule has 0 unspecified atom stereocenters. The van der Waals surface area contributed by atoms with Gasteiger partial charge in [-0.15, -0.1) is 0 Å². The number of hydrogen-bond donors (Lipinski definition) is 0. The maximum Gasteiger partial charge on any atom is 0.419 e. The number of carbonyl (C=O) groups excluding carboxylic acids is 1. The van der Waals surface area contributed by atoms with Crippen LogP contribution in [0.4, 0.5) is 4.79 Å². The molecule has 124 valence electrons. The average molecular weight is 383 g/mol. The second-order valence-electron chi connectivity index (χ2n) is 6.84. The Morgan fingerprint density at radius 3 is 2.74 bits per heavy atom. The summed E-state index contributed by atoms with van der Waals surface area (Å²) in [6.45, 7) is 7.23. The second kappa shape index (κ2) is 5.70. The van der Waals surface area contributed by atoms with Crippen molar-refractivity contribution in [3.63, 3.8) is 0 Å². The summed E-state index contributed by atoms with van der Waals surface area (Å²) in [5.41, 5.74) is 0.841. The average Bonchev–Trinajstić information content (AvgIpc) is 2.66. The molecule has 0 bridgehead atoms. The first-order chi connectivity index (χ1) is 10.7. The van der Waals surface area contributed by atoms with E-state index in [0.717, 1.165) is 9.99 Å². The molecule has 23 heavy (non-hydrogen) atoms. The molecule has 0 atom stereocenters. The smallest absolute Gasteiger partial charge is 0.419 e. The van der Waals surface area contributed by atoms with Crippen molar-refractivity contribution < 1.29 is 13.9 Å². The van der Waals surface area contributed by atoms with Gasteiger partial charge in [-0.25, -0.2) is 9.59 Å². The molecule has 1 fully saturated rings. The molecule has 1 saturated heterocycles. The van der Waals surface area contributed by atoms with E-state index in [1.165, 1.54) is 0 Å². The van der Waals surface area contributed by atoms with Gasteiger partial charge in [-0.3, -0.25) is 4.57 Å². The van der Waals surface area contributed by atoms with E-state index < -0.39 is 5.60 Å². The lowest BCUT2D eigenvalue weighted by atomic mass is 10.0. The number of aromatic nitrogens is 1. The monoisotopic (exact) mass is 382 g/mol. The molecule has 1 amide bonds. The summed E-state index contributed by atoms with van der Waals surface area (Å²) < 4.78 is 13.1. The van der Waals surface area contributed by atoms with Crippen LogP contribution in [0.5, 0.6) is 0 Å². The summed E-state index contributed by atoms with van der Waals surface area (Å²) in [6.07, 6.45) is -0.305. The van der Waals surface area contributed by atoms with Gasteiger partial charge in [-0.1, -0.05) is 15.9 Å². The highest BCUT2D eigenvalue weighted by Crippen LogP contribution is 2.24. The van der Waals surface area contributed by atoms with E-state index in [2.05, 4.69) is 15.9 Å². The lowest BCUT2D eigenvalue weighted by Gasteiger charge is -2.39.